The Bertz CT molecular complexity index is 255. The van der Waals surface area contributed by atoms with E-state index in [0.29, 0.717) is 19.1 Å². The van der Waals surface area contributed by atoms with Gasteiger partial charge < -0.3 is 20.7 Å². The topological polar surface area (TPSA) is 80.0 Å². The molecule has 7 heteroatoms. The first kappa shape index (κ1) is 16.2. The Morgan fingerprint density at radius 2 is 2.12 bits per heavy atom. The number of methoxy groups -OCH3 is 1. The van der Waals surface area contributed by atoms with Crippen LogP contribution in [-0.2, 0) is 9.53 Å². The lowest BCUT2D eigenvalue weighted by Gasteiger charge is -2.13. The van der Waals surface area contributed by atoms with Gasteiger partial charge in [-0.1, -0.05) is 0 Å². The lowest BCUT2D eigenvalue weighted by atomic mass is 10.4. The highest BCUT2D eigenvalue weighted by molar-refractivity contribution is 8.93. The van der Waals surface area contributed by atoms with Gasteiger partial charge in [0.05, 0.1) is 6.61 Å². The summed E-state index contributed by atoms with van der Waals surface area (Å²) in [5.41, 5.74) is 5.57. The van der Waals surface area contributed by atoms with Crippen LogP contribution in [0.2, 0.25) is 0 Å². The van der Waals surface area contributed by atoms with Crippen molar-refractivity contribution in [3.8, 4) is 0 Å². The number of nitrogens with zero attached hydrogens (tertiary/aromatic N) is 2. The molecule has 1 amide bonds. The SMILES string of the molecule is Br.COCCNC(N)=NCC(=O)N1CCCC1. The molecule has 1 aliphatic heterocycles. The summed E-state index contributed by atoms with van der Waals surface area (Å²) in [6.07, 6.45) is 2.19. The van der Waals surface area contributed by atoms with Crippen LogP contribution in [0.5, 0.6) is 0 Å². The van der Waals surface area contributed by atoms with Crippen LogP contribution in [0, 0.1) is 0 Å². The third kappa shape index (κ3) is 6.48. The van der Waals surface area contributed by atoms with Gasteiger partial charge in [-0.05, 0) is 12.8 Å². The molecule has 1 saturated heterocycles. The van der Waals surface area contributed by atoms with Crippen LogP contribution in [-0.4, -0.2) is 56.7 Å². The van der Waals surface area contributed by atoms with Crippen molar-refractivity contribution in [2.75, 3.05) is 39.9 Å². The molecule has 0 aromatic rings. The maximum atomic E-state index is 11.6. The molecule has 0 aromatic carbocycles. The first-order chi connectivity index (χ1) is 7.74. The number of guanidine groups is 1. The van der Waals surface area contributed by atoms with Crippen molar-refractivity contribution in [3.63, 3.8) is 0 Å². The van der Waals surface area contributed by atoms with Crippen LogP contribution >= 0.6 is 17.0 Å². The largest absolute Gasteiger partial charge is 0.383 e. The average Bonchev–Trinajstić information content (AvgIpc) is 2.79. The predicted molar refractivity (Wildman–Crippen MR) is 72.5 cm³/mol. The van der Waals surface area contributed by atoms with E-state index in [1.807, 2.05) is 4.90 Å². The second-order valence-electron chi connectivity index (χ2n) is 3.71. The van der Waals surface area contributed by atoms with Gasteiger partial charge in [0.25, 0.3) is 0 Å². The van der Waals surface area contributed by atoms with E-state index >= 15 is 0 Å². The second-order valence-corrected chi connectivity index (χ2v) is 3.71. The quantitative estimate of drug-likeness (QED) is 0.416. The van der Waals surface area contributed by atoms with Crippen LogP contribution in [0.1, 0.15) is 12.8 Å². The number of carbonyl (C=O) groups excluding carboxylic acids is 1. The van der Waals surface area contributed by atoms with E-state index in [4.69, 9.17) is 10.5 Å². The van der Waals surface area contributed by atoms with Crippen LogP contribution in [0.3, 0.4) is 0 Å². The van der Waals surface area contributed by atoms with Gasteiger partial charge in [-0.2, -0.15) is 0 Å². The molecule has 0 radical (unpaired) electrons. The highest BCUT2D eigenvalue weighted by Gasteiger charge is 2.16. The number of carbonyl (C=O) groups is 1. The Hall–Kier alpha value is -0.820. The molecule has 3 N–H and O–H groups in total. The molecular weight excluding hydrogens is 288 g/mol. The van der Waals surface area contributed by atoms with Crippen molar-refractivity contribution in [2.24, 2.45) is 10.7 Å². The number of nitrogens with two attached hydrogens (primary N) is 1. The van der Waals surface area contributed by atoms with E-state index in [0.717, 1.165) is 25.9 Å². The van der Waals surface area contributed by atoms with Gasteiger partial charge in [-0.3, -0.25) is 4.79 Å². The summed E-state index contributed by atoms with van der Waals surface area (Å²) in [6.45, 7) is 3.00. The number of ether oxygens (including phenoxy) is 1. The minimum atomic E-state index is 0. The number of aliphatic imine (C=N–C) groups is 1. The Labute approximate surface area is 112 Å². The number of halogens is 1. The van der Waals surface area contributed by atoms with E-state index in [1.54, 1.807) is 7.11 Å². The molecule has 0 atom stereocenters. The van der Waals surface area contributed by atoms with Crippen molar-refractivity contribution >= 4 is 28.8 Å². The zero-order valence-corrected chi connectivity index (χ0v) is 11.9. The first-order valence-corrected chi connectivity index (χ1v) is 5.54. The molecule has 0 bridgehead atoms. The monoisotopic (exact) mass is 308 g/mol. The lowest BCUT2D eigenvalue weighted by Crippen LogP contribution is -2.36. The highest BCUT2D eigenvalue weighted by atomic mass is 79.9. The molecule has 0 aromatic heterocycles. The summed E-state index contributed by atoms with van der Waals surface area (Å²) >= 11 is 0. The van der Waals surface area contributed by atoms with Crippen LogP contribution < -0.4 is 11.1 Å². The summed E-state index contributed by atoms with van der Waals surface area (Å²) in [7, 11) is 1.62. The average molecular weight is 309 g/mol. The number of hydrogen-bond donors (Lipinski definition) is 2. The van der Waals surface area contributed by atoms with Crippen molar-refractivity contribution in [1.82, 2.24) is 10.2 Å². The van der Waals surface area contributed by atoms with Gasteiger partial charge in [0, 0.05) is 26.7 Å². The van der Waals surface area contributed by atoms with Crippen molar-refractivity contribution < 1.29 is 9.53 Å². The maximum Gasteiger partial charge on any atom is 0.244 e. The molecule has 1 fully saturated rings. The molecule has 0 spiro atoms. The number of nitrogens with one attached hydrogen (secondary N) is 1. The Kier molecular flexibility index (Phi) is 8.79. The molecule has 1 aliphatic rings. The smallest absolute Gasteiger partial charge is 0.244 e. The van der Waals surface area contributed by atoms with Gasteiger partial charge in [0.15, 0.2) is 5.96 Å². The van der Waals surface area contributed by atoms with Crippen LogP contribution in [0.15, 0.2) is 4.99 Å². The van der Waals surface area contributed by atoms with Gasteiger partial charge in [0.2, 0.25) is 5.91 Å². The normalized spacial score (nSPS) is 15.6. The summed E-state index contributed by atoms with van der Waals surface area (Å²) in [4.78, 5) is 17.4. The van der Waals surface area contributed by atoms with Crippen molar-refractivity contribution in [2.45, 2.75) is 12.8 Å². The second kappa shape index (κ2) is 9.23. The Morgan fingerprint density at radius 3 is 2.71 bits per heavy atom. The zero-order chi connectivity index (χ0) is 11.8. The Balaban J connectivity index is 0.00000256. The molecule has 0 aliphatic carbocycles. The fourth-order valence-electron chi connectivity index (χ4n) is 1.56. The van der Waals surface area contributed by atoms with E-state index in [-0.39, 0.29) is 29.4 Å². The molecule has 100 valence electrons. The maximum absolute atomic E-state index is 11.6. The van der Waals surface area contributed by atoms with Gasteiger partial charge >= 0.3 is 0 Å². The zero-order valence-electron chi connectivity index (χ0n) is 10.1. The third-order valence-electron chi connectivity index (χ3n) is 2.46. The van der Waals surface area contributed by atoms with E-state index in [2.05, 4.69) is 10.3 Å². The number of amides is 1. The lowest BCUT2D eigenvalue weighted by molar-refractivity contribution is -0.128. The molecule has 17 heavy (non-hydrogen) atoms. The minimum Gasteiger partial charge on any atom is -0.383 e. The number of rotatable bonds is 5. The van der Waals surface area contributed by atoms with E-state index in [9.17, 15) is 4.79 Å². The molecule has 1 rings (SSSR count). The summed E-state index contributed by atoms with van der Waals surface area (Å²) in [5.74, 6) is 0.346. The standard InChI is InChI=1S/C10H20N4O2.BrH/c1-16-7-4-12-10(11)13-8-9(15)14-5-2-3-6-14;/h2-8H2,1H3,(H3,11,12,13);1H. The van der Waals surface area contributed by atoms with E-state index < -0.39 is 0 Å². The highest BCUT2D eigenvalue weighted by Crippen LogP contribution is 2.06. The van der Waals surface area contributed by atoms with Crippen molar-refractivity contribution in [3.05, 3.63) is 0 Å². The minimum absolute atomic E-state index is 0. The number of likely N-dealkylation sites (tertiary alicyclic amines) is 1. The fraction of sp³-hybridized carbons (Fsp3) is 0.800. The van der Waals surface area contributed by atoms with Crippen LogP contribution in [0.25, 0.3) is 0 Å². The molecule has 0 saturated carbocycles. The molecule has 0 unspecified atom stereocenters. The summed E-state index contributed by atoms with van der Waals surface area (Å²) in [6, 6.07) is 0. The van der Waals surface area contributed by atoms with Crippen LogP contribution in [0.4, 0.5) is 0 Å². The van der Waals surface area contributed by atoms with Gasteiger partial charge in [0.1, 0.15) is 6.54 Å². The Morgan fingerprint density at radius 1 is 1.47 bits per heavy atom. The van der Waals surface area contributed by atoms with Gasteiger partial charge in [-0.15, -0.1) is 17.0 Å². The number of hydrogen-bond acceptors (Lipinski definition) is 3. The van der Waals surface area contributed by atoms with Gasteiger partial charge in [-0.25, -0.2) is 4.99 Å². The molecular formula is C10H21BrN4O2. The third-order valence-corrected chi connectivity index (χ3v) is 2.46. The van der Waals surface area contributed by atoms with E-state index in [1.165, 1.54) is 0 Å². The summed E-state index contributed by atoms with van der Waals surface area (Å²) < 4.78 is 4.85. The molecule has 1 heterocycles. The fourth-order valence-corrected chi connectivity index (χ4v) is 1.56. The predicted octanol–water partition coefficient (Wildman–Crippen LogP) is -0.263. The first-order valence-electron chi connectivity index (χ1n) is 5.54. The van der Waals surface area contributed by atoms with Crippen molar-refractivity contribution in [1.29, 1.82) is 0 Å². The molecule has 6 nitrogen and oxygen atoms in total. The summed E-state index contributed by atoms with van der Waals surface area (Å²) in [5, 5.41) is 2.86.